The van der Waals surface area contributed by atoms with Crippen LogP contribution in [0.3, 0.4) is 0 Å². The maximum Gasteiger partial charge on any atom is 0.408 e. The standard InChI is InChI=1S/C29H36N2O5.BrH/c1-29(2,3)36-28(34)30-26(21-13-9-6-10-14-21)27(33)35-24-17-22-15-16-23(18-24)31(22,4)19-25(32)20-11-7-5-8-12-20;/h5-14,22-24,26H,15-19H2,1-4H3;1H/t22-,23+,24?,26?,31?;. The summed E-state index contributed by atoms with van der Waals surface area (Å²) in [6.45, 7) is 5.78. The fraction of sp³-hybridized carbons (Fsp3) is 0.483. The SMILES string of the molecule is CC(C)(C)OC(=O)NC(C(=O)OC1C[C@H]2CC[C@@H](C1)[N+]2(C)CC(=O)c1ccccc1)c1ccccc1.[Br-]. The third kappa shape index (κ3) is 6.99. The molecule has 37 heavy (non-hydrogen) atoms. The fourth-order valence-electron chi connectivity index (χ4n) is 5.65. The number of fused-ring (bicyclic) bond motifs is 2. The van der Waals surface area contributed by atoms with Crippen molar-refractivity contribution in [1.29, 1.82) is 0 Å². The molecule has 2 aromatic carbocycles. The molecule has 0 spiro atoms. The predicted molar refractivity (Wildman–Crippen MR) is 136 cm³/mol. The van der Waals surface area contributed by atoms with Crippen LogP contribution in [0.4, 0.5) is 4.79 Å². The van der Waals surface area contributed by atoms with Crippen molar-refractivity contribution in [2.24, 2.45) is 0 Å². The second-order valence-corrected chi connectivity index (χ2v) is 11.2. The van der Waals surface area contributed by atoms with E-state index in [9.17, 15) is 14.4 Å². The number of carbonyl (C=O) groups excluding carboxylic acids is 3. The Morgan fingerprint density at radius 2 is 1.49 bits per heavy atom. The minimum Gasteiger partial charge on any atom is -1.00 e. The summed E-state index contributed by atoms with van der Waals surface area (Å²) >= 11 is 0. The molecule has 2 heterocycles. The van der Waals surface area contributed by atoms with Crippen molar-refractivity contribution in [2.75, 3.05) is 13.6 Å². The minimum absolute atomic E-state index is 0. The molecule has 2 aromatic rings. The van der Waals surface area contributed by atoms with Crippen LogP contribution in [0.5, 0.6) is 0 Å². The summed E-state index contributed by atoms with van der Waals surface area (Å²) in [5.74, 6) is -0.343. The number of halogens is 1. The summed E-state index contributed by atoms with van der Waals surface area (Å²) in [5.41, 5.74) is 0.696. The maximum absolute atomic E-state index is 13.3. The van der Waals surface area contributed by atoms with Gasteiger partial charge >= 0.3 is 12.1 Å². The monoisotopic (exact) mass is 572 g/mol. The number of esters is 1. The number of ether oxygens (including phenoxy) is 2. The number of hydrogen-bond donors (Lipinski definition) is 1. The van der Waals surface area contributed by atoms with E-state index in [1.165, 1.54) is 0 Å². The van der Waals surface area contributed by atoms with Gasteiger partial charge in [0.1, 0.15) is 18.2 Å². The molecule has 2 bridgehead atoms. The number of quaternary nitrogens is 1. The lowest BCUT2D eigenvalue weighted by Crippen LogP contribution is -3.00. The van der Waals surface area contributed by atoms with E-state index >= 15 is 0 Å². The summed E-state index contributed by atoms with van der Waals surface area (Å²) < 4.78 is 12.1. The Hall–Kier alpha value is -2.71. The van der Waals surface area contributed by atoms with Crippen LogP contribution >= 0.6 is 0 Å². The van der Waals surface area contributed by atoms with E-state index in [0.29, 0.717) is 29.4 Å². The molecule has 0 radical (unpaired) electrons. The van der Waals surface area contributed by atoms with Gasteiger partial charge in [-0.1, -0.05) is 60.7 Å². The molecule has 4 rings (SSSR count). The predicted octanol–water partition coefficient (Wildman–Crippen LogP) is 1.82. The molecule has 1 N–H and O–H groups in total. The number of Topliss-reactive ketones (excluding diaryl/α,β-unsaturated/α-hetero) is 1. The summed E-state index contributed by atoms with van der Waals surface area (Å²) in [6, 6.07) is 18.0. The topological polar surface area (TPSA) is 81.7 Å². The first-order valence-corrected chi connectivity index (χ1v) is 12.7. The van der Waals surface area contributed by atoms with E-state index < -0.39 is 23.7 Å². The number of rotatable bonds is 7. The number of nitrogens with one attached hydrogen (secondary N) is 1. The number of alkyl carbamates (subject to hydrolysis) is 1. The molecule has 2 fully saturated rings. The Bertz CT molecular complexity index is 1070. The van der Waals surface area contributed by atoms with Crippen LogP contribution in [0.25, 0.3) is 0 Å². The zero-order valence-electron chi connectivity index (χ0n) is 22.0. The van der Waals surface area contributed by atoms with Crippen LogP contribution in [-0.2, 0) is 14.3 Å². The Labute approximate surface area is 229 Å². The zero-order valence-corrected chi connectivity index (χ0v) is 23.6. The molecule has 0 aromatic heterocycles. The van der Waals surface area contributed by atoms with Crippen molar-refractivity contribution in [2.45, 2.75) is 76.3 Å². The van der Waals surface area contributed by atoms with Gasteiger partial charge < -0.3 is 36.3 Å². The maximum atomic E-state index is 13.3. The van der Waals surface area contributed by atoms with Gasteiger partial charge in [-0.25, -0.2) is 9.59 Å². The molecule has 200 valence electrons. The summed E-state index contributed by atoms with van der Waals surface area (Å²) in [7, 11) is 2.16. The van der Waals surface area contributed by atoms with Crippen LogP contribution in [0.15, 0.2) is 60.7 Å². The largest absolute Gasteiger partial charge is 1.00 e. The van der Waals surface area contributed by atoms with Crippen LogP contribution in [-0.4, -0.2) is 59.7 Å². The van der Waals surface area contributed by atoms with Crippen LogP contribution in [0.2, 0.25) is 0 Å². The molecule has 2 aliphatic heterocycles. The summed E-state index contributed by atoms with van der Waals surface area (Å²) in [6.07, 6.45) is 2.51. The van der Waals surface area contributed by atoms with Gasteiger partial charge in [-0.2, -0.15) is 0 Å². The Morgan fingerprint density at radius 3 is 2.03 bits per heavy atom. The first-order valence-electron chi connectivity index (χ1n) is 12.7. The molecule has 5 atom stereocenters. The number of piperidine rings is 1. The number of amides is 1. The quantitative estimate of drug-likeness (QED) is 0.311. The normalized spacial score (nSPS) is 25.4. The highest BCUT2D eigenvalue weighted by Gasteiger charge is 2.53. The average Bonchev–Trinajstić information content (AvgIpc) is 2.98. The Kier molecular flexibility index (Phi) is 9.18. The highest BCUT2D eigenvalue weighted by atomic mass is 79.9. The molecule has 3 unspecified atom stereocenters. The molecule has 2 saturated heterocycles. The number of nitrogens with zero attached hydrogens (tertiary/aromatic N) is 1. The van der Waals surface area contributed by atoms with Crippen molar-refractivity contribution in [1.82, 2.24) is 5.32 Å². The first-order chi connectivity index (χ1) is 17.0. The third-order valence-electron chi connectivity index (χ3n) is 7.46. The molecule has 8 heteroatoms. The fourth-order valence-corrected chi connectivity index (χ4v) is 5.65. The third-order valence-corrected chi connectivity index (χ3v) is 7.46. The summed E-state index contributed by atoms with van der Waals surface area (Å²) in [5, 5.41) is 2.69. The zero-order chi connectivity index (χ0) is 25.9. The molecule has 0 saturated carbocycles. The lowest BCUT2D eigenvalue weighted by Gasteiger charge is -2.46. The molecule has 1 amide bonds. The molecular weight excluding hydrogens is 536 g/mol. The van der Waals surface area contributed by atoms with E-state index in [0.717, 1.165) is 18.4 Å². The van der Waals surface area contributed by atoms with Crippen molar-refractivity contribution in [3.63, 3.8) is 0 Å². The number of ketones is 1. The van der Waals surface area contributed by atoms with Gasteiger partial charge in [0.2, 0.25) is 5.78 Å². The lowest BCUT2D eigenvalue weighted by molar-refractivity contribution is -0.941. The van der Waals surface area contributed by atoms with E-state index in [2.05, 4.69) is 12.4 Å². The second-order valence-electron chi connectivity index (χ2n) is 11.2. The van der Waals surface area contributed by atoms with Crippen LogP contribution < -0.4 is 22.3 Å². The molecule has 7 nitrogen and oxygen atoms in total. The van der Waals surface area contributed by atoms with Gasteiger partial charge in [-0.05, 0) is 26.3 Å². The Morgan fingerprint density at radius 1 is 0.946 bits per heavy atom. The second kappa shape index (κ2) is 11.8. The number of likely N-dealkylation sites (N-methyl/N-ethyl adjacent to an activating group) is 1. The van der Waals surface area contributed by atoms with Gasteiger partial charge in [-0.3, -0.25) is 4.79 Å². The van der Waals surface area contributed by atoms with Crippen molar-refractivity contribution >= 4 is 17.8 Å². The van der Waals surface area contributed by atoms with E-state index in [1.54, 1.807) is 32.9 Å². The smallest absolute Gasteiger partial charge is 0.408 e. The van der Waals surface area contributed by atoms with Crippen LogP contribution in [0.1, 0.15) is 68.4 Å². The number of carbonyl (C=O) groups is 3. The number of benzene rings is 2. The Balaban J connectivity index is 0.00000380. The van der Waals surface area contributed by atoms with Crippen molar-refractivity contribution in [3.8, 4) is 0 Å². The van der Waals surface area contributed by atoms with Gasteiger partial charge in [-0.15, -0.1) is 0 Å². The summed E-state index contributed by atoms with van der Waals surface area (Å²) in [4.78, 5) is 38.8. The average molecular weight is 574 g/mol. The van der Waals surface area contributed by atoms with Gasteiger partial charge in [0.25, 0.3) is 0 Å². The highest BCUT2D eigenvalue weighted by molar-refractivity contribution is 5.97. The molecule has 0 aliphatic carbocycles. The van der Waals surface area contributed by atoms with Gasteiger partial charge in [0, 0.05) is 31.2 Å². The molecule has 2 aliphatic rings. The number of hydrogen-bond acceptors (Lipinski definition) is 5. The van der Waals surface area contributed by atoms with Crippen LogP contribution in [0, 0.1) is 0 Å². The van der Waals surface area contributed by atoms with Crippen molar-refractivity contribution in [3.05, 3.63) is 71.8 Å². The van der Waals surface area contributed by atoms with E-state index in [-0.39, 0.29) is 41.0 Å². The van der Waals surface area contributed by atoms with Crippen molar-refractivity contribution < 1.29 is 45.3 Å². The molecular formula is C29H37BrN2O5. The lowest BCUT2D eigenvalue weighted by atomic mass is 9.95. The van der Waals surface area contributed by atoms with Gasteiger partial charge in [0.15, 0.2) is 6.04 Å². The van der Waals surface area contributed by atoms with E-state index in [1.807, 2.05) is 48.5 Å². The minimum atomic E-state index is -0.957. The first kappa shape index (κ1) is 28.9. The highest BCUT2D eigenvalue weighted by Crippen LogP contribution is 2.42. The van der Waals surface area contributed by atoms with E-state index in [4.69, 9.17) is 9.47 Å². The van der Waals surface area contributed by atoms with Gasteiger partial charge in [0.05, 0.1) is 19.1 Å².